The molecule has 0 unspecified atom stereocenters. The Morgan fingerprint density at radius 1 is 1.02 bits per heavy atom. The molecule has 0 aliphatic carbocycles. The molecule has 3 heterocycles. The quantitative estimate of drug-likeness (QED) is 0.282. The van der Waals surface area contributed by atoms with Crippen molar-refractivity contribution in [2.75, 3.05) is 12.4 Å². The Labute approximate surface area is 237 Å². The zero-order chi connectivity index (χ0) is 28.4. The maximum Gasteiger partial charge on any atom is 0.274 e. The van der Waals surface area contributed by atoms with Crippen molar-refractivity contribution >= 4 is 40.7 Å². The molecule has 202 valence electrons. The number of aromatic nitrogens is 6. The van der Waals surface area contributed by atoms with Crippen molar-refractivity contribution in [2.45, 2.75) is 13.5 Å². The van der Waals surface area contributed by atoms with Crippen molar-refractivity contribution in [1.82, 2.24) is 35.1 Å². The zero-order valence-electron chi connectivity index (χ0n) is 21.2. The maximum absolute atomic E-state index is 13.6. The third kappa shape index (κ3) is 5.56. The first-order valence-corrected chi connectivity index (χ1v) is 12.7. The molecule has 2 N–H and O–H groups in total. The van der Waals surface area contributed by atoms with Gasteiger partial charge in [-0.1, -0.05) is 23.2 Å². The highest BCUT2D eigenvalue weighted by Gasteiger charge is 2.23. The topological polar surface area (TPSA) is 120 Å². The molecule has 0 saturated carbocycles. The number of carbonyl (C=O) groups is 2. The smallest absolute Gasteiger partial charge is 0.274 e. The first-order chi connectivity index (χ1) is 19.2. The van der Waals surface area contributed by atoms with Gasteiger partial charge in [-0.3, -0.25) is 9.59 Å². The molecule has 13 heteroatoms. The van der Waals surface area contributed by atoms with Crippen LogP contribution in [0.15, 0.2) is 67.0 Å². The number of hydrogen-bond donors (Lipinski definition) is 2. The average molecular weight is 579 g/mol. The van der Waals surface area contributed by atoms with E-state index in [1.165, 1.54) is 40.9 Å². The molecular formula is C27H21Cl2FN8O2. The van der Waals surface area contributed by atoms with Gasteiger partial charge in [0.2, 0.25) is 0 Å². The highest BCUT2D eigenvalue weighted by atomic mass is 35.5. The Bertz CT molecular complexity index is 1730. The number of benzene rings is 2. The van der Waals surface area contributed by atoms with Crippen molar-refractivity contribution in [1.29, 1.82) is 0 Å². The predicted molar refractivity (Wildman–Crippen MR) is 148 cm³/mol. The largest absolute Gasteiger partial charge is 0.355 e. The number of nitrogens with zero attached hydrogens (tertiary/aromatic N) is 6. The van der Waals surface area contributed by atoms with Crippen molar-refractivity contribution in [2.24, 2.45) is 0 Å². The van der Waals surface area contributed by atoms with Crippen LogP contribution in [0.3, 0.4) is 0 Å². The third-order valence-electron chi connectivity index (χ3n) is 5.92. The van der Waals surface area contributed by atoms with E-state index >= 15 is 0 Å². The van der Waals surface area contributed by atoms with Gasteiger partial charge in [-0.15, -0.1) is 0 Å². The first kappa shape index (κ1) is 27.0. The molecule has 5 rings (SSSR count). The van der Waals surface area contributed by atoms with Crippen LogP contribution >= 0.6 is 23.2 Å². The Hall–Kier alpha value is -4.61. The molecule has 3 aromatic heterocycles. The van der Waals surface area contributed by atoms with Crippen LogP contribution in [0.5, 0.6) is 0 Å². The Morgan fingerprint density at radius 3 is 2.52 bits per heavy atom. The highest BCUT2D eigenvalue weighted by molar-refractivity contribution is 6.32. The summed E-state index contributed by atoms with van der Waals surface area (Å²) in [5, 5.41) is 19.3. The van der Waals surface area contributed by atoms with E-state index < -0.39 is 11.8 Å². The number of hydrogen-bond acceptors (Lipinski definition) is 6. The van der Waals surface area contributed by atoms with E-state index in [9.17, 15) is 14.0 Å². The molecule has 0 saturated heterocycles. The Kier molecular flexibility index (Phi) is 7.58. The number of aryl methyl sites for hydroxylation is 1. The summed E-state index contributed by atoms with van der Waals surface area (Å²) in [5.41, 5.74) is 2.89. The van der Waals surface area contributed by atoms with Gasteiger partial charge in [-0.05, 0) is 67.1 Å². The predicted octanol–water partition coefficient (Wildman–Crippen LogP) is 4.94. The van der Waals surface area contributed by atoms with Gasteiger partial charge >= 0.3 is 0 Å². The second-order valence-corrected chi connectivity index (χ2v) is 9.53. The van der Waals surface area contributed by atoms with E-state index in [1.54, 1.807) is 49.5 Å². The first-order valence-electron chi connectivity index (χ1n) is 11.9. The second-order valence-electron chi connectivity index (χ2n) is 8.69. The van der Waals surface area contributed by atoms with Crippen LogP contribution in [0, 0.1) is 12.7 Å². The number of anilines is 1. The van der Waals surface area contributed by atoms with Gasteiger partial charge in [-0.25, -0.2) is 14.1 Å². The summed E-state index contributed by atoms with van der Waals surface area (Å²) in [6.45, 7) is 1.84. The van der Waals surface area contributed by atoms with E-state index in [4.69, 9.17) is 23.2 Å². The molecule has 0 spiro atoms. The number of amides is 2. The molecule has 0 fully saturated rings. The summed E-state index contributed by atoms with van der Waals surface area (Å²) in [7, 11) is 1.49. The minimum atomic E-state index is -0.559. The lowest BCUT2D eigenvalue weighted by Crippen LogP contribution is -2.23. The molecule has 5 aromatic rings. The minimum absolute atomic E-state index is 0.110. The third-order valence-corrected chi connectivity index (χ3v) is 6.44. The maximum atomic E-state index is 13.6. The molecule has 2 aromatic carbocycles. The molecule has 2 amide bonds. The van der Waals surface area contributed by atoms with Crippen LogP contribution in [0.25, 0.3) is 17.1 Å². The van der Waals surface area contributed by atoms with Crippen molar-refractivity contribution in [3.63, 3.8) is 0 Å². The van der Waals surface area contributed by atoms with Crippen LogP contribution in [0.1, 0.15) is 32.1 Å². The Balaban J connectivity index is 1.51. The van der Waals surface area contributed by atoms with E-state index in [-0.39, 0.29) is 34.5 Å². The van der Waals surface area contributed by atoms with Gasteiger partial charge < -0.3 is 10.6 Å². The molecule has 10 nitrogen and oxygen atoms in total. The Morgan fingerprint density at radius 2 is 1.80 bits per heavy atom. The standard InChI is InChI=1S/C27H21Cl2FN8O2/c1-15-10-17(28)11-20(26(39)31-2)24(15)34-27(40)23-12-19(35-38(23)25-21(29)4-3-9-32-25)14-37-33-13-22(36-37)16-5-7-18(30)8-6-16/h3-13H,14H2,1-2H3,(H,31,39)(H,34,40). The summed E-state index contributed by atoms with van der Waals surface area (Å²) < 4.78 is 14.6. The molecule has 40 heavy (non-hydrogen) atoms. The molecule has 0 radical (unpaired) electrons. The zero-order valence-corrected chi connectivity index (χ0v) is 22.7. The van der Waals surface area contributed by atoms with Crippen molar-refractivity contribution < 1.29 is 14.0 Å². The van der Waals surface area contributed by atoms with E-state index in [2.05, 4.69) is 30.9 Å². The van der Waals surface area contributed by atoms with Gasteiger partial charge in [-0.2, -0.15) is 20.1 Å². The molecule has 0 bridgehead atoms. The van der Waals surface area contributed by atoms with E-state index in [0.717, 1.165) is 0 Å². The van der Waals surface area contributed by atoms with Crippen LogP contribution in [0.2, 0.25) is 10.0 Å². The van der Waals surface area contributed by atoms with Crippen molar-refractivity contribution in [3.05, 3.63) is 105 Å². The number of pyridine rings is 1. The fourth-order valence-electron chi connectivity index (χ4n) is 4.04. The lowest BCUT2D eigenvalue weighted by molar-refractivity contribution is 0.0964. The van der Waals surface area contributed by atoms with Crippen LogP contribution < -0.4 is 10.6 Å². The fourth-order valence-corrected chi connectivity index (χ4v) is 4.51. The van der Waals surface area contributed by atoms with E-state index in [1.807, 2.05) is 0 Å². The average Bonchev–Trinajstić information content (AvgIpc) is 3.58. The van der Waals surface area contributed by atoms with Crippen LogP contribution in [0.4, 0.5) is 10.1 Å². The lowest BCUT2D eigenvalue weighted by atomic mass is 10.1. The van der Waals surface area contributed by atoms with E-state index in [0.29, 0.717) is 33.2 Å². The van der Waals surface area contributed by atoms with Gasteiger partial charge in [0, 0.05) is 23.8 Å². The number of halogens is 3. The van der Waals surface area contributed by atoms with Gasteiger partial charge in [0.1, 0.15) is 23.7 Å². The SMILES string of the molecule is CNC(=O)c1cc(Cl)cc(C)c1NC(=O)c1cc(Cn2ncc(-c3ccc(F)cc3)n2)nn1-c1ncccc1Cl. The highest BCUT2D eigenvalue weighted by Crippen LogP contribution is 2.27. The monoisotopic (exact) mass is 578 g/mol. The molecule has 0 atom stereocenters. The fraction of sp³-hybridized carbons (Fsp3) is 0.111. The summed E-state index contributed by atoms with van der Waals surface area (Å²) in [6.07, 6.45) is 3.08. The minimum Gasteiger partial charge on any atom is -0.355 e. The summed E-state index contributed by atoms with van der Waals surface area (Å²) in [5.74, 6) is -1.08. The normalized spacial score (nSPS) is 10.9. The summed E-state index contributed by atoms with van der Waals surface area (Å²) in [4.78, 5) is 31.8. The molecule has 0 aliphatic heterocycles. The molecule has 0 aliphatic rings. The second kappa shape index (κ2) is 11.2. The van der Waals surface area contributed by atoms with Crippen molar-refractivity contribution in [3.8, 4) is 17.1 Å². The number of carbonyl (C=O) groups excluding carboxylic acids is 2. The summed E-state index contributed by atoms with van der Waals surface area (Å²) >= 11 is 12.6. The number of rotatable bonds is 7. The van der Waals surface area contributed by atoms with Crippen LogP contribution in [-0.4, -0.2) is 48.6 Å². The number of nitrogens with one attached hydrogen (secondary N) is 2. The van der Waals surface area contributed by atoms with Gasteiger partial charge in [0.15, 0.2) is 5.82 Å². The molecular weight excluding hydrogens is 558 g/mol. The summed E-state index contributed by atoms with van der Waals surface area (Å²) in [6, 6.07) is 13.9. The van der Waals surface area contributed by atoms with Crippen LogP contribution in [-0.2, 0) is 6.54 Å². The van der Waals surface area contributed by atoms with Gasteiger partial charge in [0.25, 0.3) is 11.8 Å². The lowest BCUT2D eigenvalue weighted by Gasteiger charge is -2.14. The van der Waals surface area contributed by atoms with Gasteiger partial charge in [0.05, 0.1) is 28.2 Å².